The topological polar surface area (TPSA) is 57.9 Å². The summed E-state index contributed by atoms with van der Waals surface area (Å²) in [4.78, 5) is 33.6. The summed E-state index contributed by atoms with van der Waals surface area (Å²) >= 11 is 1.38. The van der Waals surface area contributed by atoms with E-state index in [-0.39, 0.29) is 17.0 Å². The summed E-state index contributed by atoms with van der Waals surface area (Å²) in [5.41, 5.74) is -0.135. The minimum Gasteiger partial charge on any atom is -0.337 e. The quantitative estimate of drug-likeness (QED) is 0.823. The molecule has 112 valence electrons. The standard InChI is InChI=1S/C14H18N4O2S/c1-9-7-17(8-11(9)16(2)3)12(19)10-6-15-14-18(13(10)20)4-5-21-14/h4-6,9,11H,7-8H2,1-3H3/t9-,11-/m1/s1. The highest BCUT2D eigenvalue weighted by Crippen LogP contribution is 2.21. The third kappa shape index (κ3) is 2.36. The van der Waals surface area contributed by atoms with Crippen LogP contribution in [-0.4, -0.2) is 58.3 Å². The number of thiazole rings is 1. The summed E-state index contributed by atoms with van der Waals surface area (Å²) in [5, 5.41) is 1.79. The summed E-state index contributed by atoms with van der Waals surface area (Å²) in [5.74, 6) is 0.175. The van der Waals surface area contributed by atoms with Crippen molar-refractivity contribution in [2.45, 2.75) is 13.0 Å². The molecule has 0 aromatic carbocycles. The molecule has 7 heteroatoms. The van der Waals surface area contributed by atoms with Gasteiger partial charge in [0.05, 0.1) is 0 Å². The van der Waals surface area contributed by atoms with Crippen LogP contribution in [0.3, 0.4) is 0 Å². The second-order valence-electron chi connectivity index (χ2n) is 5.75. The van der Waals surface area contributed by atoms with Gasteiger partial charge >= 0.3 is 0 Å². The number of carbonyl (C=O) groups is 1. The minimum absolute atomic E-state index is 0.150. The number of fused-ring (bicyclic) bond motifs is 1. The van der Waals surface area contributed by atoms with Gasteiger partial charge in [0.2, 0.25) is 0 Å². The molecular weight excluding hydrogens is 288 g/mol. The predicted octanol–water partition coefficient (Wildman–Crippen LogP) is 0.778. The van der Waals surface area contributed by atoms with E-state index in [0.717, 1.165) is 0 Å². The van der Waals surface area contributed by atoms with Crippen LogP contribution in [0.1, 0.15) is 17.3 Å². The molecule has 0 unspecified atom stereocenters. The van der Waals surface area contributed by atoms with Crippen molar-refractivity contribution in [2.24, 2.45) is 5.92 Å². The summed E-state index contributed by atoms with van der Waals surface area (Å²) in [6, 6.07) is 0.328. The van der Waals surface area contributed by atoms with Gasteiger partial charge < -0.3 is 9.80 Å². The number of nitrogens with zero attached hydrogens (tertiary/aromatic N) is 4. The molecule has 2 atom stereocenters. The number of likely N-dealkylation sites (N-methyl/N-ethyl adjacent to an activating group) is 1. The molecule has 2 aromatic rings. The number of carbonyl (C=O) groups excluding carboxylic acids is 1. The number of aromatic nitrogens is 2. The van der Waals surface area contributed by atoms with Crippen molar-refractivity contribution >= 4 is 22.2 Å². The van der Waals surface area contributed by atoms with Gasteiger partial charge in [-0.25, -0.2) is 4.98 Å². The maximum absolute atomic E-state index is 12.6. The van der Waals surface area contributed by atoms with Gasteiger partial charge in [-0.15, -0.1) is 11.3 Å². The van der Waals surface area contributed by atoms with Crippen molar-refractivity contribution in [1.29, 1.82) is 0 Å². The van der Waals surface area contributed by atoms with Crippen molar-refractivity contribution in [3.8, 4) is 0 Å². The van der Waals surface area contributed by atoms with Crippen LogP contribution in [0.2, 0.25) is 0 Å². The summed E-state index contributed by atoms with van der Waals surface area (Å²) in [6.45, 7) is 3.46. The average Bonchev–Trinajstić information content (AvgIpc) is 3.05. The molecule has 2 aromatic heterocycles. The van der Waals surface area contributed by atoms with E-state index in [1.165, 1.54) is 21.9 Å². The lowest BCUT2D eigenvalue weighted by Gasteiger charge is -2.22. The molecule has 0 saturated carbocycles. The number of likely N-dealkylation sites (tertiary alicyclic amines) is 1. The Bertz CT molecular complexity index is 736. The van der Waals surface area contributed by atoms with Crippen molar-refractivity contribution in [3.63, 3.8) is 0 Å². The lowest BCUT2D eigenvalue weighted by molar-refractivity contribution is 0.0779. The van der Waals surface area contributed by atoms with E-state index in [0.29, 0.717) is 30.0 Å². The molecule has 0 aliphatic carbocycles. The van der Waals surface area contributed by atoms with E-state index in [1.54, 1.807) is 16.5 Å². The highest BCUT2D eigenvalue weighted by atomic mass is 32.1. The van der Waals surface area contributed by atoms with Gasteiger partial charge in [0.15, 0.2) is 4.96 Å². The molecule has 1 aliphatic rings. The maximum atomic E-state index is 12.6. The first-order valence-corrected chi connectivity index (χ1v) is 7.77. The van der Waals surface area contributed by atoms with Crippen molar-refractivity contribution in [2.75, 3.05) is 27.2 Å². The van der Waals surface area contributed by atoms with Gasteiger partial charge in [-0.05, 0) is 20.0 Å². The molecule has 21 heavy (non-hydrogen) atoms. The molecule has 1 saturated heterocycles. The molecule has 3 rings (SSSR count). The van der Waals surface area contributed by atoms with Crippen LogP contribution in [0.4, 0.5) is 0 Å². The molecule has 0 N–H and O–H groups in total. The first-order chi connectivity index (χ1) is 9.99. The van der Waals surface area contributed by atoms with Gasteiger partial charge in [0.1, 0.15) is 5.56 Å². The van der Waals surface area contributed by atoms with Crippen LogP contribution in [-0.2, 0) is 0 Å². The van der Waals surface area contributed by atoms with E-state index >= 15 is 0 Å². The van der Waals surface area contributed by atoms with Crippen molar-refractivity contribution in [3.05, 3.63) is 33.7 Å². The Kier molecular flexibility index (Phi) is 3.54. The predicted molar refractivity (Wildman–Crippen MR) is 81.9 cm³/mol. The number of hydrogen-bond acceptors (Lipinski definition) is 5. The highest BCUT2D eigenvalue weighted by Gasteiger charge is 2.34. The summed E-state index contributed by atoms with van der Waals surface area (Å²) < 4.78 is 1.43. The largest absolute Gasteiger partial charge is 0.337 e. The Morgan fingerprint density at radius 3 is 2.86 bits per heavy atom. The van der Waals surface area contributed by atoms with E-state index in [1.807, 2.05) is 14.1 Å². The fourth-order valence-electron chi connectivity index (χ4n) is 2.93. The molecule has 3 heterocycles. The van der Waals surface area contributed by atoms with Crippen LogP contribution >= 0.6 is 11.3 Å². The van der Waals surface area contributed by atoms with Gasteiger partial charge in [0, 0.05) is 36.9 Å². The average molecular weight is 306 g/mol. The Morgan fingerprint density at radius 2 is 2.19 bits per heavy atom. The Balaban J connectivity index is 1.91. The minimum atomic E-state index is -0.285. The van der Waals surface area contributed by atoms with Crippen LogP contribution in [0.15, 0.2) is 22.6 Å². The van der Waals surface area contributed by atoms with Gasteiger partial charge in [-0.3, -0.25) is 14.0 Å². The fourth-order valence-corrected chi connectivity index (χ4v) is 3.60. The second-order valence-corrected chi connectivity index (χ2v) is 6.62. The van der Waals surface area contributed by atoms with Crippen LogP contribution in [0, 0.1) is 5.92 Å². The number of amides is 1. The zero-order chi connectivity index (χ0) is 15.1. The lowest BCUT2D eigenvalue weighted by atomic mass is 10.1. The van der Waals surface area contributed by atoms with E-state index in [4.69, 9.17) is 0 Å². The lowest BCUT2D eigenvalue weighted by Crippen LogP contribution is -2.37. The first kappa shape index (κ1) is 14.2. The zero-order valence-electron chi connectivity index (χ0n) is 12.3. The molecule has 1 amide bonds. The summed E-state index contributed by atoms with van der Waals surface area (Å²) in [7, 11) is 4.03. The SMILES string of the molecule is C[C@@H]1CN(C(=O)c2cnc3sccn3c2=O)C[C@H]1N(C)C. The van der Waals surface area contributed by atoms with E-state index in [2.05, 4.69) is 16.8 Å². The number of rotatable bonds is 2. The molecule has 6 nitrogen and oxygen atoms in total. The Hall–Kier alpha value is -1.73. The normalized spacial score (nSPS) is 22.4. The van der Waals surface area contributed by atoms with E-state index in [9.17, 15) is 9.59 Å². The van der Waals surface area contributed by atoms with E-state index < -0.39 is 0 Å². The Labute approximate surface area is 126 Å². The molecule has 0 radical (unpaired) electrons. The molecule has 1 aliphatic heterocycles. The fraction of sp³-hybridized carbons (Fsp3) is 0.500. The van der Waals surface area contributed by atoms with Gasteiger partial charge in [0.25, 0.3) is 11.5 Å². The first-order valence-electron chi connectivity index (χ1n) is 6.89. The smallest absolute Gasteiger partial charge is 0.271 e. The van der Waals surface area contributed by atoms with Gasteiger partial charge in [-0.2, -0.15) is 0 Å². The van der Waals surface area contributed by atoms with Crippen LogP contribution in [0.5, 0.6) is 0 Å². The third-order valence-corrected chi connectivity index (χ3v) is 4.87. The van der Waals surface area contributed by atoms with Gasteiger partial charge in [-0.1, -0.05) is 6.92 Å². The zero-order valence-corrected chi connectivity index (χ0v) is 13.1. The molecule has 0 spiro atoms. The Morgan fingerprint density at radius 1 is 1.43 bits per heavy atom. The van der Waals surface area contributed by atoms with Crippen molar-refractivity contribution in [1.82, 2.24) is 19.2 Å². The third-order valence-electron chi connectivity index (χ3n) is 4.10. The van der Waals surface area contributed by atoms with Crippen molar-refractivity contribution < 1.29 is 4.79 Å². The van der Waals surface area contributed by atoms with Crippen LogP contribution in [0.25, 0.3) is 4.96 Å². The second kappa shape index (κ2) is 5.23. The van der Waals surface area contributed by atoms with Crippen LogP contribution < -0.4 is 5.56 Å². The maximum Gasteiger partial charge on any atom is 0.271 e. The summed E-state index contributed by atoms with van der Waals surface area (Å²) in [6.07, 6.45) is 3.06. The molecular formula is C14H18N4O2S. The monoisotopic (exact) mass is 306 g/mol. The molecule has 0 bridgehead atoms. The highest BCUT2D eigenvalue weighted by molar-refractivity contribution is 7.15. The molecule has 1 fully saturated rings. The number of hydrogen-bond donors (Lipinski definition) is 0.